The zero-order valence-electron chi connectivity index (χ0n) is 16.7. The Labute approximate surface area is 160 Å². The number of benzene rings is 2. The number of hydrogen-bond donors (Lipinski definition) is 0. The highest BCUT2D eigenvalue weighted by Gasteiger charge is 2.41. The molecule has 1 nitrogen and oxygen atoms in total. The quantitative estimate of drug-likeness (QED) is 0.478. The fourth-order valence-electron chi connectivity index (χ4n) is 4.65. The van der Waals surface area contributed by atoms with Gasteiger partial charge in [0.25, 0.3) is 0 Å². The molecule has 2 heteroatoms. The molecular weight excluding hydrogens is 332 g/mol. The highest BCUT2D eigenvalue weighted by atomic mass is 28.3. The summed E-state index contributed by atoms with van der Waals surface area (Å²) in [6.45, 7) is 8.37. The number of unbranched alkanes of at least 4 members (excludes halogenated alkanes) is 1. The van der Waals surface area contributed by atoms with Crippen LogP contribution in [0.1, 0.15) is 49.7 Å². The molecule has 1 unspecified atom stereocenters. The van der Waals surface area contributed by atoms with Crippen molar-refractivity contribution >= 4 is 8.07 Å². The Bertz CT molecular complexity index is 652. The molecule has 0 aromatic heterocycles. The zero-order chi connectivity index (χ0) is 18.4. The van der Waals surface area contributed by atoms with Crippen molar-refractivity contribution in [3.05, 3.63) is 71.8 Å². The molecule has 0 amide bonds. The molecule has 3 rings (SSSR count). The molecule has 0 saturated carbocycles. The topological polar surface area (TPSA) is 9.23 Å². The van der Waals surface area contributed by atoms with Crippen molar-refractivity contribution in [2.24, 2.45) is 0 Å². The van der Waals surface area contributed by atoms with Crippen LogP contribution in [-0.4, -0.2) is 20.8 Å². The van der Waals surface area contributed by atoms with Crippen molar-refractivity contribution in [3.8, 4) is 0 Å². The Morgan fingerprint density at radius 3 is 2.31 bits per heavy atom. The molecule has 26 heavy (non-hydrogen) atoms. The van der Waals surface area contributed by atoms with Crippen LogP contribution in [0.5, 0.6) is 0 Å². The van der Waals surface area contributed by atoms with Crippen molar-refractivity contribution in [1.29, 1.82) is 0 Å². The van der Waals surface area contributed by atoms with Crippen LogP contribution >= 0.6 is 0 Å². The van der Waals surface area contributed by atoms with Gasteiger partial charge in [-0.1, -0.05) is 106 Å². The van der Waals surface area contributed by atoms with Gasteiger partial charge in [-0.05, 0) is 23.6 Å². The summed E-state index contributed by atoms with van der Waals surface area (Å²) >= 11 is 0. The Morgan fingerprint density at radius 1 is 1.00 bits per heavy atom. The van der Waals surface area contributed by atoms with Crippen LogP contribution in [-0.2, 0) is 10.8 Å². The lowest BCUT2D eigenvalue weighted by atomic mass is 9.94. The van der Waals surface area contributed by atoms with E-state index in [1.807, 2.05) is 0 Å². The molecule has 140 valence electrons. The second-order valence-electron chi connectivity index (χ2n) is 8.61. The first-order valence-electron chi connectivity index (χ1n) is 10.3. The first-order chi connectivity index (χ1) is 12.6. The molecule has 1 aliphatic heterocycles. The minimum absolute atomic E-state index is 0.442. The molecule has 0 spiro atoms. The Hall–Kier alpha value is -1.38. The first-order valence-corrected chi connectivity index (χ1v) is 13.6. The fraction of sp³-hybridized carbons (Fsp3) is 0.500. The Kier molecular flexibility index (Phi) is 6.72. The summed E-state index contributed by atoms with van der Waals surface area (Å²) in [7, 11) is -1.43. The lowest BCUT2D eigenvalue weighted by molar-refractivity contribution is 0.0984. The number of hydrogen-bond acceptors (Lipinski definition) is 1. The summed E-state index contributed by atoms with van der Waals surface area (Å²) in [5.41, 5.74) is 3.70. The summed E-state index contributed by atoms with van der Waals surface area (Å²) in [6, 6.07) is 23.3. The molecule has 1 fully saturated rings. The van der Waals surface area contributed by atoms with E-state index >= 15 is 0 Å². The minimum Gasteiger partial charge on any atom is -0.378 e. The van der Waals surface area contributed by atoms with Gasteiger partial charge in [-0.3, -0.25) is 0 Å². The zero-order valence-corrected chi connectivity index (χ0v) is 17.7. The van der Waals surface area contributed by atoms with Crippen molar-refractivity contribution in [1.82, 2.24) is 0 Å². The summed E-state index contributed by atoms with van der Waals surface area (Å²) in [5, 5.41) is 0. The third kappa shape index (κ3) is 4.86. The molecule has 3 atom stereocenters. The van der Waals surface area contributed by atoms with Gasteiger partial charge < -0.3 is 4.74 Å². The lowest BCUT2D eigenvalue weighted by Gasteiger charge is -2.37. The van der Waals surface area contributed by atoms with E-state index in [1.54, 1.807) is 0 Å². The van der Waals surface area contributed by atoms with Crippen molar-refractivity contribution in [3.63, 3.8) is 0 Å². The molecule has 2 aromatic carbocycles. The van der Waals surface area contributed by atoms with E-state index in [-0.39, 0.29) is 0 Å². The molecule has 0 bridgehead atoms. The van der Waals surface area contributed by atoms with E-state index in [0.29, 0.717) is 12.0 Å². The first kappa shape index (κ1) is 19.4. The smallest absolute Gasteiger partial charge is 0.0586 e. The largest absolute Gasteiger partial charge is 0.378 e. The highest BCUT2D eigenvalue weighted by molar-refractivity contribution is 6.78. The van der Waals surface area contributed by atoms with Gasteiger partial charge in [0.05, 0.1) is 20.8 Å². The van der Waals surface area contributed by atoms with Gasteiger partial charge in [0.2, 0.25) is 0 Å². The van der Waals surface area contributed by atoms with Crippen LogP contribution in [0, 0.1) is 0 Å². The van der Waals surface area contributed by atoms with Gasteiger partial charge in [-0.15, -0.1) is 0 Å². The summed E-state index contributed by atoms with van der Waals surface area (Å²) in [4.78, 5) is 0. The van der Waals surface area contributed by atoms with Gasteiger partial charge in [-0.2, -0.15) is 0 Å². The van der Waals surface area contributed by atoms with Crippen LogP contribution in [0.15, 0.2) is 60.7 Å². The molecular formula is C24H34OSi. The van der Waals surface area contributed by atoms with Crippen LogP contribution < -0.4 is 0 Å². The van der Waals surface area contributed by atoms with E-state index in [4.69, 9.17) is 4.74 Å². The van der Waals surface area contributed by atoms with Gasteiger partial charge in [0, 0.05) is 5.92 Å². The van der Waals surface area contributed by atoms with E-state index in [1.165, 1.54) is 42.9 Å². The standard InChI is InChI=1S/C24H34OSi/c1-4-5-16-24(26(2,3)19-20-12-8-6-9-13-20)23-17-22(18-25-23)21-14-10-7-11-15-21/h6-15,22-24H,4-5,16-19H2,1-3H3/t22?,23-,24+/m1/s1. The molecule has 0 radical (unpaired) electrons. The lowest BCUT2D eigenvalue weighted by Crippen LogP contribution is -2.41. The van der Waals surface area contributed by atoms with Gasteiger partial charge >= 0.3 is 0 Å². The van der Waals surface area contributed by atoms with E-state index in [9.17, 15) is 0 Å². The van der Waals surface area contributed by atoms with Crippen LogP contribution in [0.25, 0.3) is 0 Å². The summed E-state index contributed by atoms with van der Waals surface area (Å²) in [6.07, 6.45) is 5.57. The van der Waals surface area contributed by atoms with Gasteiger partial charge in [0.15, 0.2) is 0 Å². The molecule has 0 N–H and O–H groups in total. The van der Waals surface area contributed by atoms with Crippen molar-refractivity contribution < 1.29 is 4.74 Å². The average Bonchev–Trinajstić information content (AvgIpc) is 3.13. The molecule has 0 aliphatic carbocycles. The number of ether oxygens (including phenoxy) is 1. The maximum absolute atomic E-state index is 6.44. The maximum atomic E-state index is 6.44. The van der Waals surface area contributed by atoms with Gasteiger partial charge in [-0.25, -0.2) is 0 Å². The maximum Gasteiger partial charge on any atom is 0.0586 e. The van der Waals surface area contributed by atoms with Gasteiger partial charge in [0.1, 0.15) is 0 Å². The highest BCUT2D eigenvalue weighted by Crippen LogP contribution is 2.42. The molecule has 1 saturated heterocycles. The average molecular weight is 367 g/mol. The van der Waals surface area contributed by atoms with Crippen LogP contribution in [0.4, 0.5) is 0 Å². The molecule has 1 aliphatic rings. The van der Waals surface area contributed by atoms with E-state index < -0.39 is 8.07 Å². The number of rotatable bonds is 8. The van der Waals surface area contributed by atoms with E-state index in [2.05, 4.69) is 80.7 Å². The molecule has 1 heterocycles. The van der Waals surface area contributed by atoms with Crippen molar-refractivity contribution in [2.45, 2.75) is 69.3 Å². The second kappa shape index (κ2) is 9.01. The predicted octanol–water partition coefficient (Wildman–Crippen LogP) is 6.61. The SMILES string of the molecule is CCCC[C@@H]([C@H]1CC(c2ccccc2)CO1)[Si](C)(C)Cc1ccccc1. The third-order valence-corrected chi connectivity index (χ3v) is 10.1. The summed E-state index contributed by atoms with van der Waals surface area (Å²) < 4.78 is 6.44. The minimum atomic E-state index is -1.43. The Balaban J connectivity index is 1.73. The third-order valence-electron chi connectivity index (χ3n) is 6.12. The van der Waals surface area contributed by atoms with Crippen LogP contribution in [0.2, 0.25) is 18.6 Å². The summed E-state index contributed by atoms with van der Waals surface area (Å²) in [5.74, 6) is 0.576. The fourth-order valence-corrected chi connectivity index (χ4v) is 8.43. The normalized spacial score (nSPS) is 21.7. The Morgan fingerprint density at radius 2 is 1.65 bits per heavy atom. The second-order valence-corrected chi connectivity index (χ2v) is 13.7. The van der Waals surface area contributed by atoms with E-state index in [0.717, 1.165) is 12.1 Å². The van der Waals surface area contributed by atoms with Crippen molar-refractivity contribution in [2.75, 3.05) is 6.61 Å². The monoisotopic (exact) mass is 366 g/mol. The van der Waals surface area contributed by atoms with Crippen LogP contribution in [0.3, 0.4) is 0 Å². The predicted molar refractivity (Wildman–Crippen MR) is 114 cm³/mol. The molecule has 2 aromatic rings.